The Morgan fingerprint density at radius 1 is 1.25 bits per heavy atom. The fourth-order valence-corrected chi connectivity index (χ4v) is 2.15. The standard InChI is InChI=1S/C14H21N3O3/c15-14(18)20-10-9-19-13-3-1-11(2-4-13)17-12-5-7-16-8-6-12/h1-4,12,16-17H,5-10H2,(H2,15,18). The molecule has 6 heteroatoms. The zero-order valence-electron chi connectivity index (χ0n) is 11.4. The molecule has 0 aliphatic carbocycles. The number of hydrogen-bond acceptors (Lipinski definition) is 5. The van der Waals surface area contributed by atoms with Gasteiger partial charge >= 0.3 is 6.09 Å². The summed E-state index contributed by atoms with van der Waals surface area (Å²) >= 11 is 0. The summed E-state index contributed by atoms with van der Waals surface area (Å²) in [6.07, 6.45) is 1.50. The zero-order chi connectivity index (χ0) is 14.2. The van der Waals surface area contributed by atoms with E-state index in [1.807, 2.05) is 24.3 Å². The first kappa shape index (κ1) is 14.5. The van der Waals surface area contributed by atoms with Crippen LogP contribution in [-0.2, 0) is 4.74 Å². The lowest BCUT2D eigenvalue weighted by molar-refractivity contribution is 0.134. The van der Waals surface area contributed by atoms with Gasteiger partial charge in [-0.25, -0.2) is 4.79 Å². The number of primary amides is 1. The second kappa shape index (κ2) is 7.59. The summed E-state index contributed by atoms with van der Waals surface area (Å²) in [5, 5.41) is 6.85. The number of nitrogens with one attached hydrogen (secondary N) is 2. The van der Waals surface area contributed by atoms with Crippen LogP contribution in [0.3, 0.4) is 0 Å². The van der Waals surface area contributed by atoms with Crippen molar-refractivity contribution in [2.24, 2.45) is 5.73 Å². The van der Waals surface area contributed by atoms with Gasteiger partial charge in [0.05, 0.1) is 0 Å². The highest BCUT2D eigenvalue weighted by Crippen LogP contribution is 2.18. The third-order valence-corrected chi connectivity index (χ3v) is 3.16. The molecular weight excluding hydrogens is 258 g/mol. The number of carbonyl (C=O) groups excluding carboxylic acids is 1. The van der Waals surface area contributed by atoms with E-state index in [9.17, 15) is 4.79 Å². The van der Waals surface area contributed by atoms with Crippen molar-refractivity contribution in [1.82, 2.24) is 5.32 Å². The average Bonchev–Trinajstić information content (AvgIpc) is 2.46. The van der Waals surface area contributed by atoms with E-state index >= 15 is 0 Å². The van der Waals surface area contributed by atoms with Crippen molar-refractivity contribution in [1.29, 1.82) is 0 Å². The average molecular weight is 279 g/mol. The Hall–Kier alpha value is -1.95. The van der Waals surface area contributed by atoms with E-state index in [1.165, 1.54) is 0 Å². The van der Waals surface area contributed by atoms with Crippen LogP contribution in [0.15, 0.2) is 24.3 Å². The zero-order valence-corrected chi connectivity index (χ0v) is 11.4. The summed E-state index contributed by atoms with van der Waals surface area (Å²) < 4.78 is 10.0. The molecule has 0 atom stereocenters. The number of hydrogen-bond donors (Lipinski definition) is 3. The largest absolute Gasteiger partial charge is 0.490 e. The Balaban J connectivity index is 1.73. The molecule has 0 radical (unpaired) electrons. The lowest BCUT2D eigenvalue weighted by Crippen LogP contribution is -2.35. The molecule has 0 bridgehead atoms. The molecule has 2 rings (SSSR count). The van der Waals surface area contributed by atoms with Crippen LogP contribution in [0, 0.1) is 0 Å². The first-order chi connectivity index (χ1) is 9.74. The minimum Gasteiger partial charge on any atom is -0.490 e. The lowest BCUT2D eigenvalue weighted by Gasteiger charge is -2.24. The van der Waals surface area contributed by atoms with E-state index in [1.54, 1.807) is 0 Å². The number of benzene rings is 1. The molecule has 4 N–H and O–H groups in total. The first-order valence-corrected chi connectivity index (χ1v) is 6.86. The molecule has 0 spiro atoms. The number of amides is 1. The molecule has 1 saturated heterocycles. The third-order valence-electron chi connectivity index (χ3n) is 3.16. The van der Waals surface area contributed by atoms with E-state index in [2.05, 4.69) is 15.4 Å². The van der Waals surface area contributed by atoms with E-state index in [-0.39, 0.29) is 6.61 Å². The van der Waals surface area contributed by atoms with Gasteiger partial charge in [0, 0.05) is 11.7 Å². The normalized spacial score (nSPS) is 15.6. The van der Waals surface area contributed by atoms with Gasteiger partial charge in [0.15, 0.2) is 0 Å². The highest BCUT2D eigenvalue weighted by molar-refractivity contribution is 5.64. The van der Waals surface area contributed by atoms with Gasteiger partial charge in [0.25, 0.3) is 0 Å². The van der Waals surface area contributed by atoms with Crippen LogP contribution in [-0.4, -0.2) is 38.4 Å². The van der Waals surface area contributed by atoms with Gasteiger partial charge in [-0.3, -0.25) is 0 Å². The van der Waals surface area contributed by atoms with Crippen molar-refractivity contribution in [3.8, 4) is 5.75 Å². The van der Waals surface area contributed by atoms with Gasteiger partial charge in [-0.05, 0) is 50.2 Å². The van der Waals surface area contributed by atoms with Crippen LogP contribution < -0.4 is 21.1 Å². The fraction of sp³-hybridized carbons (Fsp3) is 0.500. The predicted octanol–water partition coefficient (Wildman–Crippen LogP) is 1.32. The molecule has 1 aromatic rings. The minimum atomic E-state index is -0.782. The number of nitrogens with two attached hydrogens (primary N) is 1. The highest BCUT2D eigenvalue weighted by atomic mass is 16.6. The Labute approximate surface area is 118 Å². The van der Waals surface area contributed by atoms with Crippen molar-refractivity contribution in [2.75, 3.05) is 31.6 Å². The molecule has 110 valence electrons. The maximum Gasteiger partial charge on any atom is 0.404 e. The summed E-state index contributed by atoms with van der Waals surface area (Å²) in [5.41, 5.74) is 5.95. The summed E-state index contributed by atoms with van der Waals surface area (Å²) in [6.45, 7) is 2.59. The third kappa shape index (κ3) is 4.97. The van der Waals surface area contributed by atoms with Gasteiger partial charge in [0.1, 0.15) is 19.0 Å². The molecule has 0 unspecified atom stereocenters. The quantitative estimate of drug-likeness (QED) is 0.684. The van der Waals surface area contributed by atoms with Gasteiger partial charge in [0.2, 0.25) is 0 Å². The maximum atomic E-state index is 10.4. The molecule has 1 amide bonds. The second-order valence-electron chi connectivity index (χ2n) is 4.71. The Morgan fingerprint density at radius 2 is 1.95 bits per heavy atom. The monoisotopic (exact) mass is 279 g/mol. The molecule has 1 aliphatic rings. The van der Waals surface area contributed by atoms with Crippen molar-refractivity contribution in [3.05, 3.63) is 24.3 Å². The summed E-state index contributed by atoms with van der Waals surface area (Å²) in [5.74, 6) is 0.744. The van der Waals surface area contributed by atoms with Crippen molar-refractivity contribution in [3.63, 3.8) is 0 Å². The van der Waals surface area contributed by atoms with Crippen molar-refractivity contribution < 1.29 is 14.3 Å². The van der Waals surface area contributed by atoms with Crippen LogP contribution >= 0.6 is 0 Å². The summed E-state index contributed by atoms with van der Waals surface area (Å²) in [6, 6.07) is 8.31. The molecule has 0 saturated carbocycles. The van der Waals surface area contributed by atoms with Crippen LogP contribution in [0.1, 0.15) is 12.8 Å². The van der Waals surface area contributed by atoms with Crippen LogP contribution in [0.25, 0.3) is 0 Å². The number of carbonyl (C=O) groups is 1. The summed E-state index contributed by atoms with van der Waals surface area (Å²) in [7, 11) is 0. The van der Waals surface area contributed by atoms with Crippen molar-refractivity contribution >= 4 is 11.8 Å². The van der Waals surface area contributed by atoms with Gasteiger partial charge in [-0.15, -0.1) is 0 Å². The SMILES string of the molecule is NC(=O)OCCOc1ccc(NC2CCNCC2)cc1. The number of anilines is 1. The second-order valence-corrected chi connectivity index (χ2v) is 4.71. The van der Waals surface area contributed by atoms with E-state index < -0.39 is 6.09 Å². The number of rotatable bonds is 6. The smallest absolute Gasteiger partial charge is 0.404 e. The molecule has 1 aliphatic heterocycles. The van der Waals surface area contributed by atoms with Crippen LogP contribution in [0.4, 0.5) is 10.5 Å². The fourth-order valence-electron chi connectivity index (χ4n) is 2.15. The van der Waals surface area contributed by atoms with E-state index in [0.717, 1.165) is 37.4 Å². The Morgan fingerprint density at radius 3 is 2.60 bits per heavy atom. The van der Waals surface area contributed by atoms with Gasteiger partial charge in [-0.1, -0.05) is 0 Å². The van der Waals surface area contributed by atoms with Crippen molar-refractivity contribution in [2.45, 2.75) is 18.9 Å². The van der Waals surface area contributed by atoms with E-state index in [0.29, 0.717) is 12.6 Å². The molecular formula is C14H21N3O3. The molecule has 1 aromatic carbocycles. The van der Waals surface area contributed by atoms with Crippen LogP contribution in [0.5, 0.6) is 5.75 Å². The Kier molecular flexibility index (Phi) is 5.49. The number of ether oxygens (including phenoxy) is 2. The molecule has 6 nitrogen and oxygen atoms in total. The molecule has 20 heavy (non-hydrogen) atoms. The summed E-state index contributed by atoms with van der Waals surface area (Å²) in [4.78, 5) is 10.4. The number of piperidine rings is 1. The first-order valence-electron chi connectivity index (χ1n) is 6.86. The topological polar surface area (TPSA) is 85.6 Å². The Bertz CT molecular complexity index is 416. The van der Waals surface area contributed by atoms with E-state index in [4.69, 9.17) is 10.5 Å². The lowest BCUT2D eigenvalue weighted by atomic mass is 10.1. The molecule has 1 fully saturated rings. The van der Waals surface area contributed by atoms with Crippen LogP contribution in [0.2, 0.25) is 0 Å². The van der Waals surface area contributed by atoms with Gasteiger partial charge < -0.3 is 25.8 Å². The maximum absolute atomic E-state index is 10.4. The predicted molar refractivity (Wildman–Crippen MR) is 77.0 cm³/mol. The molecule has 1 heterocycles. The molecule has 0 aromatic heterocycles. The highest BCUT2D eigenvalue weighted by Gasteiger charge is 2.12. The minimum absolute atomic E-state index is 0.157. The van der Waals surface area contributed by atoms with Gasteiger partial charge in [-0.2, -0.15) is 0 Å².